The minimum absolute atomic E-state index is 0.149. The Bertz CT molecular complexity index is 1050. The molecule has 26 heavy (non-hydrogen) atoms. The Morgan fingerprint density at radius 3 is 2.62 bits per heavy atom. The summed E-state index contributed by atoms with van der Waals surface area (Å²) in [5.74, 6) is -0.416. The Kier molecular flexibility index (Phi) is 5.36. The number of nitrogens with zero attached hydrogens (tertiary/aromatic N) is 2. The van der Waals surface area contributed by atoms with Gasteiger partial charge < -0.3 is 5.32 Å². The summed E-state index contributed by atoms with van der Waals surface area (Å²) >= 11 is 3.32. The number of anilines is 1. The van der Waals surface area contributed by atoms with Crippen LogP contribution >= 0.6 is 15.9 Å². The predicted octanol–water partition coefficient (Wildman–Crippen LogP) is 3.26. The number of carbonyl (C=O) groups is 1. The second kappa shape index (κ2) is 7.53. The van der Waals surface area contributed by atoms with Crippen LogP contribution in [0.5, 0.6) is 0 Å². The molecule has 1 aromatic heterocycles. The van der Waals surface area contributed by atoms with Gasteiger partial charge in [0.15, 0.2) is 0 Å². The van der Waals surface area contributed by atoms with Gasteiger partial charge in [0.05, 0.1) is 11.4 Å². The van der Waals surface area contributed by atoms with Crippen molar-refractivity contribution in [3.63, 3.8) is 0 Å². The van der Waals surface area contributed by atoms with Gasteiger partial charge in [0.25, 0.3) is 0 Å². The standard InChI is InChI=1S/C18H16BrN3O3S/c1-22(12-18(23)21-15-7-5-14(19)6-8-15)26(24,25)17-4-2-3-13-11-20-10-9-16(13)17/h2-11H,12H2,1H3,(H,21,23). The summed E-state index contributed by atoms with van der Waals surface area (Å²) in [6.07, 6.45) is 3.15. The van der Waals surface area contributed by atoms with Crippen molar-refractivity contribution in [2.45, 2.75) is 4.90 Å². The molecular weight excluding hydrogens is 418 g/mol. The lowest BCUT2D eigenvalue weighted by Gasteiger charge is -2.18. The number of hydrogen-bond acceptors (Lipinski definition) is 4. The maximum Gasteiger partial charge on any atom is 0.243 e. The van der Waals surface area contributed by atoms with E-state index in [0.29, 0.717) is 11.1 Å². The largest absolute Gasteiger partial charge is 0.325 e. The molecule has 8 heteroatoms. The van der Waals surface area contributed by atoms with Crippen LogP contribution in [0.1, 0.15) is 0 Å². The predicted molar refractivity (Wildman–Crippen MR) is 104 cm³/mol. The average molecular weight is 434 g/mol. The van der Waals surface area contributed by atoms with Crippen molar-refractivity contribution in [2.75, 3.05) is 18.9 Å². The summed E-state index contributed by atoms with van der Waals surface area (Å²) in [7, 11) is -2.44. The highest BCUT2D eigenvalue weighted by Gasteiger charge is 2.24. The first kappa shape index (κ1) is 18.5. The number of likely N-dealkylation sites (N-methyl/N-ethyl adjacent to an activating group) is 1. The number of nitrogens with one attached hydrogen (secondary N) is 1. The first-order valence-electron chi connectivity index (χ1n) is 7.72. The van der Waals surface area contributed by atoms with Crippen molar-refractivity contribution < 1.29 is 13.2 Å². The molecule has 0 aliphatic rings. The number of pyridine rings is 1. The molecule has 0 saturated carbocycles. The van der Waals surface area contributed by atoms with Gasteiger partial charge in [0.1, 0.15) is 0 Å². The van der Waals surface area contributed by atoms with Crippen LogP contribution in [0.25, 0.3) is 10.8 Å². The number of sulfonamides is 1. The highest BCUT2D eigenvalue weighted by molar-refractivity contribution is 9.10. The van der Waals surface area contributed by atoms with Gasteiger partial charge in [-0.05, 0) is 36.4 Å². The minimum atomic E-state index is -3.82. The molecule has 0 radical (unpaired) electrons. The van der Waals surface area contributed by atoms with Crippen molar-refractivity contribution >= 4 is 48.3 Å². The number of rotatable bonds is 5. The second-order valence-corrected chi connectivity index (χ2v) is 8.60. The number of carbonyl (C=O) groups excluding carboxylic acids is 1. The number of halogens is 1. The summed E-state index contributed by atoms with van der Waals surface area (Å²) in [5, 5.41) is 3.98. The normalized spacial score (nSPS) is 11.7. The SMILES string of the molecule is CN(CC(=O)Nc1ccc(Br)cc1)S(=O)(=O)c1cccc2cnccc12. The molecule has 0 atom stereocenters. The van der Waals surface area contributed by atoms with Gasteiger partial charge in [0.2, 0.25) is 15.9 Å². The van der Waals surface area contributed by atoms with Gasteiger partial charge >= 0.3 is 0 Å². The number of hydrogen-bond donors (Lipinski definition) is 1. The van der Waals surface area contributed by atoms with E-state index in [1.807, 2.05) is 0 Å². The molecule has 3 aromatic rings. The van der Waals surface area contributed by atoms with E-state index < -0.39 is 15.9 Å². The third-order valence-electron chi connectivity index (χ3n) is 3.82. The fourth-order valence-electron chi connectivity index (χ4n) is 2.51. The molecule has 1 N–H and O–H groups in total. The molecule has 0 aliphatic heterocycles. The first-order chi connectivity index (χ1) is 12.4. The van der Waals surface area contributed by atoms with Gasteiger partial charge in [0, 0.05) is 40.4 Å². The highest BCUT2D eigenvalue weighted by atomic mass is 79.9. The quantitative estimate of drug-likeness (QED) is 0.669. The summed E-state index contributed by atoms with van der Waals surface area (Å²) in [4.78, 5) is 16.4. The molecule has 0 unspecified atom stereocenters. The fourth-order valence-corrected chi connectivity index (χ4v) is 4.11. The van der Waals surface area contributed by atoms with Crippen molar-refractivity contribution in [3.8, 4) is 0 Å². The van der Waals surface area contributed by atoms with Crippen LogP contribution < -0.4 is 5.32 Å². The third-order valence-corrected chi connectivity index (χ3v) is 6.21. The lowest BCUT2D eigenvalue weighted by atomic mass is 10.2. The van der Waals surface area contributed by atoms with Crippen LogP contribution in [-0.4, -0.2) is 37.2 Å². The van der Waals surface area contributed by atoms with Crippen molar-refractivity contribution in [1.29, 1.82) is 0 Å². The van der Waals surface area contributed by atoms with Gasteiger partial charge in [-0.1, -0.05) is 28.1 Å². The first-order valence-corrected chi connectivity index (χ1v) is 9.96. The number of aromatic nitrogens is 1. The topological polar surface area (TPSA) is 79.4 Å². The van der Waals surface area contributed by atoms with Crippen LogP contribution in [-0.2, 0) is 14.8 Å². The van der Waals surface area contributed by atoms with Gasteiger partial charge in [-0.3, -0.25) is 9.78 Å². The van der Waals surface area contributed by atoms with E-state index in [1.165, 1.54) is 13.1 Å². The summed E-state index contributed by atoms with van der Waals surface area (Å²) in [5.41, 5.74) is 0.597. The maximum absolute atomic E-state index is 12.9. The summed E-state index contributed by atoms with van der Waals surface area (Å²) in [6, 6.07) is 13.7. The molecule has 134 valence electrons. The third kappa shape index (κ3) is 3.92. The van der Waals surface area contributed by atoms with Gasteiger partial charge in [-0.15, -0.1) is 0 Å². The molecular formula is C18H16BrN3O3S. The zero-order chi connectivity index (χ0) is 18.7. The summed E-state index contributed by atoms with van der Waals surface area (Å²) in [6.45, 7) is -0.292. The monoisotopic (exact) mass is 433 g/mol. The fraction of sp³-hybridized carbons (Fsp3) is 0.111. The highest BCUT2D eigenvalue weighted by Crippen LogP contribution is 2.24. The van der Waals surface area contributed by atoms with Crippen molar-refractivity contribution in [3.05, 3.63) is 65.4 Å². The van der Waals surface area contributed by atoms with E-state index in [9.17, 15) is 13.2 Å². The Morgan fingerprint density at radius 2 is 1.88 bits per heavy atom. The molecule has 6 nitrogen and oxygen atoms in total. The molecule has 1 amide bonds. The second-order valence-electron chi connectivity index (χ2n) is 5.67. The molecule has 0 saturated heterocycles. The number of amides is 1. The van der Waals surface area contributed by atoms with Crippen LogP contribution in [0.4, 0.5) is 5.69 Å². The van der Waals surface area contributed by atoms with E-state index in [2.05, 4.69) is 26.2 Å². The average Bonchev–Trinajstić information content (AvgIpc) is 2.63. The molecule has 0 fully saturated rings. The Labute approximate surface area is 160 Å². The molecule has 1 heterocycles. The molecule has 0 bridgehead atoms. The Morgan fingerprint density at radius 1 is 1.15 bits per heavy atom. The van der Waals surface area contributed by atoms with E-state index >= 15 is 0 Å². The Balaban J connectivity index is 1.80. The molecule has 2 aromatic carbocycles. The number of benzene rings is 2. The number of fused-ring (bicyclic) bond motifs is 1. The van der Waals surface area contributed by atoms with Gasteiger partial charge in [-0.2, -0.15) is 4.31 Å². The molecule has 0 aliphatic carbocycles. The van der Waals surface area contributed by atoms with Crippen LogP contribution in [0.15, 0.2) is 70.3 Å². The lowest BCUT2D eigenvalue weighted by molar-refractivity contribution is -0.116. The molecule has 0 spiro atoms. The van der Waals surface area contributed by atoms with E-state index in [1.54, 1.807) is 54.9 Å². The van der Waals surface area contributed by atoms with Crippen molar-refractivity contribution in [2.24, 2.45) is 0 Å². The summed E-state index contributed by atoms with van der Waals surface area (Å²) < 4.78 is 27.7. The smallest absolute Gasteiger partial charge is 0.243 e. The van der Waals surface area contributed by atoms with Crippen LogP contribution in [0, 0.1) is 0 Å². The Hall–Kier alpha value is -2.29. The molecule has 3 rings (SSSR count). The van der Waals surface area contributed by atoms with Gasteiger partial charge in [-0.25, -0.2) is 8.42 Å². The van der Waals surface area contributed by atoms with E-state index in [-0.39, 0.29) is 11.4 Å². The van der Waals surface area contributed by atoms with Crippen molar-refractivity contribution in [1.82, 2.24) is 9.29 Å². The zero-order valence-corrected chi connectivity index (χ0v) is 16.3. The lowest BCUT2D eigenvalue weighted by Crippen LogP contribution is -2.35. The van der Waals surface area contributed by atoms with E-state index in [4.69, 9.17) is 0 Å². The van der Waals surface area contributed by atoms with Crippen LogP contribution in [0.3, 0.4) is 0 Å². The maximum atomic E-state index is 12.9. The van der Waals surface area contributed by atoms with E-state index in [0.717, 1.165) is 14.2 Å². The minimum Gasteiger partial charge on any atom is -0.325 e. The van der Waals surface area contributed by atoms with Crippen LogP contribution in [0.2, 0.25) is 0 Å². The zero-order valence-electron chi connectivity index (χ0n) is 13.9.